The molecule has 1 rings (SSSR count). The normalized spacial score (nSPS) is 11.5. The molecule has 24 heavy (non-hydrogen) atoms. The molecule has 1 amide bonds. The zero-order valence-corrected chi connectivity index (χ0v) is 17.5. The van der Waals surface area contributed by atoms with Crippen molar-refractivity contribution in [3.63, 3.8) is 0 Å². The predicted octanol–water partition coefficient (Wildman–Crippen LogP) is 4.46. The molecular weight excluding hydrogens is 421 g/mol. The van der Waals surface area contributed by atoms with E-state index in [1.807, 2.05) is 52.8 Å². The zero-order chi connectivity index (χ0) is 18.3. The van der Waals surface area contributed by atoms with E-state index in [1.54, 1.807) is 12.0 Å². The molecule has 6 heteroatoms. The van der Waals surface area contributed by atoms with Crippen LogP contribution in [-0.2, 0) is 16.0 Å². The lowest BCUT2D eigenvalue weighted by atomic mass is 10.2. The van der Waals surface area contributed by atoms with Gasteiger partial charge in [0, 0.05) is 20.2 Å². The van der Waals surface area contributed by atoms with E-state index in [1.165, 1.54) is 0 Å². The Morgan fingerprint density at radius 2 is 1.96 bits per heavy atom. The highest BCUT2D eigenvalue weighted by molar-refractivity contribution is 14.1. The summed E-state index contributed by atoms with van der Waals surface area (Å²) in [5.74, 6) is 0.857. The molecule has 0 radical (unpaired) electrons. The monoisotopic (exact) mass is 449 g/mol. The summed E-state index contributed by atoms with van der Waals surface area (Å²) in [6, 6.07) is 5.95. The van der Waals surface area contributed by atoms with Crippen molar-refractivity contribution in [2.75, 3.05) is 20.3 Å². The SMILES string of the molecule is COCCN(Cc1ccc(OC(C)C)c(I)c1)C(=O)OC(C)(C)C. The third-order valence-electron chi connectivity index (χ3n) is 2.95. The molecule has 0 aromatic heterocycles. The fraction of sp³-hybridized carbons (Fsp3) is 0.611. The average molecular weight is 449 g/mol. The van der Waals surface area contributed by atoms with Crippen molar-refractivity contribution in [1.82, 2.24) is 4.90 Å². The van der Waals surface area contributed by atoms with Crippen molar-refractivity contribution in [3.05, 3.63) is 27.3 Å². The maximum Gasteiger partial charge on any atom is 0.410 e. The Bertz CT molecular complexity index is 540. The number of hydrogen-bond acceptors (Lipinski definition) is 4. The van der Waals surface area contributed by atoms with Crippen molar-refractivity contribution in [2.45, 2.75) is 52.9 Å². The van der Waals surface area contributed by atoms with Gasteiger partial charge in [0.2, 0.25) is 0 Å². The largest absolute Gasteiger partial charge is 0.490 e. The van der Waals surface area contributed by atoms with Crippen molar-refractivity contribution >= 4 is 28.7 Å². The number of carbonyl (C=O) groups excluding carboxylic acids is 1. The highest BCUT2D eigenvalue weighted by Crippen LogP contribution is 2.24. The minimum Gasteiger partial charge on any atom is -0.490 e. The van der Waals surface area contributed by atoms with Gasteiger partial charge in [-0.15, -0.1) is 0 Å². The van der Waals surface area contributed by atoms with E-state index in [0.717, 1.165) is 14.9 Å². The highest BCUT2D eigenvalue weighted by Gasteiger charge is 2.22. The molecule has 0 atom stereocenters. The number of carbonyl (C=O) groups is 1. The van der Waals surface area contributed by atoms with Crippen LogP contribution < -0.4 is 4.74 Å². The lowest BCUT2D eigenvalue weighted by Gasteiger charge is -2.27. The van der Waals surface area contributed by atoms with Gasteiger partial charge < -0.3 is 19.1 Å². The first-order chi connectivity index (χ1) is 11.1. The molecule has 0 saturated heterocycles. The molecule has 0 aliphatic rings. The average Bonchev–Trinajstić information content (AvgIpc) is 2.43. The first-order valence-electron chi connectivity index (χ1n) is 8.04. The Hall–Kier alpha value is -1.02. The molecule has 0 fully saturated rings. The fourth-order valence-electron chi connectivity index (χ4n) is 1.98. The summed E-state index contributed by atoms with van der Waals surface area (Å²) < 4.78 is 17.4. The summed E-state index contributed by atoms with van der Waals surface area (Å²) in [4.78, 5) is 14.0. The van der Waals surface area contributed by atoms with Gasteiger partial charge in [-0.2, -0.15) is 0 Å². The first-order valence-corrected chi connectivity index (χ1v) is 9.12. The van der Waals surface area contributed by atoms with E-state index >= 15 is 0 Å². The van der Waals surface area contributed by atoms with Crippen molar-refractivity contribution in [2.24, 2.45) is 0 Å². The summed E-state index contributed by atoms with van der Waals surface area (Å²) in [5.41, 5.74) is 0.503. The number of nitrogens with zero attached hydrogens (tertiary/aromatic N) is 1. The van der Waals surface area contributed by atoms with E-state index in [-0.39, 0.29) is 12.2 Å². The van der Waals surface area contributed by atoms with Gasteiger partial charge in [0.05, 0.1) is 16.3 Å². The van der Waals surface area contributed by atoms with Crippen molar-refractivity contribution in [3.8, 4) is 5.75 Å². The van der Waals surface area contributed by atoms with Gasteiger partial charge in [-0.25, -0.2) is 4.79 Å². The van der Waals surface area contributed by atoms with Crippen LogP contribution in [0.3, 0.4) is 0 Å². The third kappa shape index (κ3) is 7.70. The number of methoxy groups -OCH3 is 1. The van der Waals surface area contributed by atoms with Crippen LogP contribution in [0.1, 0.15) is 40.2 Å². The van der Waals surface area contributed by atoms with Crippen LogP contribution in [-0.4, -0.2) is 43.0 Å². The number of benzene rings is 1. The third-order valence-corrected chi connectivity index (χ3v) is 3.79. The Balaban J connectivity index is 2.86. The van der Waals surface area contributed by atoms with E-state index in [9.17, 15) is 4.79 Å². The van der Waals surface area contributed by atoms with Gasteiger partial charge in [-0.05, 0) is 74.9 Å². The molecular formula is C18H28INO4. The minimum atomic E-state index is -0.522. The van der Waals surface area contributed by atoms with Crippen LogP contribution in [0.15, 0.2) is 18.2 Å². The predicted molar refractivity (Wildman–Crippen MR) is 103 cm³/mol. The molecule has 1 aromatic rings. The molecule has 0 spiro atoms. The lowest BCUT2D eigenvalue weighted by molar-refractivity contribution is 0.0184. The number of ether oxygens (including phenoxy) is 3. The second-order valence-corrected chi connectivity index (χ2v) is 7.99. The molecule has 0 aliphatic heterocycles. The summed E-state index contributed by atoms with van der Waals surface area (Å²) in [6.07, 6.45) is -0.207. The lowest BCUT2D eigenvalue weighted by Crippen LogP contribution is -2.38. The molecule has 0 heterocycles. The molecule has 0 unspecified atom stereocenters. The van der Waals surface area contributed by atoms with E-state index < -0.39 is 5.60 Å². The van der Waals surface area contributed by atoms with Gasteiger partial charge in [0.25, 0.3) is 0 Å². The number of halogens is 1. The summed E-state index contributed by atoms with van der Waals surface area (Å²) >= 11 is 2.25. The Morgan fingerprint density at radius 3 is 2.46 bits per heavy atom. The van der Waals surface area contributed by atoms with E-state index in [4.69, 9.17) is 14.2 Å². The maximum absolute atomic E-state index is 12.4. The maximum atomic E-state index is 12.4. The fourth-order valence-corrected chi connectivity index (χ4v) is 2.68. The van der Waals surface area contributed by atoms with Crippen molar-refractivity contribution in [1.29, 1.82) is 0 Å². The van der Waals surface area contributed by atoms with Gasteiger partial charge in [-0.1, -0.05) is 6.07 Å². The molecule has 0 bridgehead atoms. The summed E-state index contributed by atoms with van der Waals surface area (Å²) in [6.45, 7) is 11.0. The Kier molecular flexibility index (Phi) is 8.29. The molecule has 1 aromatic carbocycles. The Morgan fingerprint density at radius 1 is 1.29 bits per heavy atom. The van der Waals surface area contributed by atoms with Gasteiger partial charge in [0.15, 0.2) is 0 Å². The van der Waals surface area contributed by atoms with Gasteiger partial charge in [-0.3, -0.25) is 0 Å². The number of rotatable bonds is 7. The first kappa shape index (κ1) is 21.0. The van der Waals surface area contributed by atoms with Crippen LogP contribution in [0.5, 0.6) is 5.75 Å². The molecule has 0 aliphatic carbocycles. The van der Waals surface area contributed by atoms with Gasteiger partial charge in [0.1, 0.15) is 11.4 Å². The summed E-state index contributed by atoms with van der Waals surface area (Å²) in [7, 11) is 1.62. The van der Waals surface area contributed by atoms with Crippen LogP contribution in [0.2, 0.25) is 0 Å². The van der Waals surface area contributed by atoms with Gasteiger partial charge >= 0.3 is 6.09 Å². The standard InChI is InChI=1S/C18H28INO4/c1-13(2)23-16-8-7-14(11-15(16)19)12-20(9-10-22-6)17(21)24-18(3,4)5/h7-8,11,13H,9-10,12H2,1-6H3. The second kappa shape index (κ2) is 9.46. The minimum absolute atomic E-state index is 0.129. The quantitative estimate of drug-likeness (QED) is 0.577. The number of amides is 1. The van der Waals surface area contributed by atoms with E-state index in [0.29, 0.717) is 19.7 Å². The topological polar surface area (TPSA) is 48.0 Å². The molecule has 0 saturated carbocycles. The van der Waals surface area contributed by atoms with Crippen LogP contribution in [0.4, 0.5) is 4.79 Å². The zero-order valence-electron chi connectivity index (χ0n) is 15.4. The van der Waals surface area contributed by atoms with Crippen LogP contribution in [0, 0.1) is 3.57 Å². The highest BCUT2D eigenvalue weighted by atomic mass is 127. The molecule has 0 N–H and O–H groups in total. The summed E-state index contributed by atoms with van der Waals surface area (Å²) in [5, 5.41) is 0. The van der Waals surface area contributed by atoms with Crippen LogP contribution in [0.25, 0.3) is 0 Å². The smallest absolute Gasteiger partial charge is 0.410 e. The molecule has 5 nitrogen and oxygen atoms in total. The van der Waals surface area contributed by atoms with Crippen molar-refractivity contribution < 1.29 is 19.0 Å². The second-order valence-electron chi connectivity index (χ2n) is 6.83. The number of hydrogen-bond donors (Lipinski definition) is 0. The van der Waals surface area contributed by atoms with E-state index in [2.05, 4.69) is 22.6 Å². The molecule has 136 valence electrons. The Labute approximate surface area is 158 Å². The van der Waals surface area contributed by atoms with Crippen LogP contribution >= 0.6 is 22.6 Å².